The molecule has 136 valence electrons. The molecule has 0 amide bonds. The smallest absolute Gasteiger partial charge is 0.193 e. The number of rotatable bonds is 5. The lowest BCUT2D eigenvalue weighted by Crippen LogP contribution is -2.22. The van der Waals surface area contributed by atoms with Crippen LogP contribution in [0.4, 0.5) is 5.69 Å². The van der Waals surface area contributed by atoms with Crippen LogP contribution >= 0.6 is 35.6 Å². The number of ether oxygens (including phenoxy) is 1. The van der Waals surface area contributed by atoms with Crippen molar-refractivity contribution in [3.05, 3.63) is 65.6 Å². The molecule has 0 unspecified atom stereocenters. The third kappa shape index (κ3) is 5.12. The zero-order valence-corrected chi connectivity index (χ0v) is 17.2. The highest BCUT2D eigenvalue weighted by Gasteiger charge is 2.04. The van der Waals surface area contributed by atoms with E-state index in [4.69, 9.17) is 22.1 Å². The van der Waals surface area contributed by atoms with E-state index in [0.29, 0.717) is 17.3 Å². The van der Waals surface area contributed by atoms with Crippen molar-refractivity contribution in [3.8, 4) is 17.0 Å². The fraction of sp³-hybridized carbons (Fsp3) is 0.111. The zero-order valence-electron chi connectivity index (χ0n) is 14.1. The Morgan fingerprint density at radius 1 is 1.27 bits per heavy atom. The van der Waals surface area contributed by atoms with Gasteiger partial charge in [0.25, 0.3) is 0 Å². The summed E-state index contributed by atoms with van der Waals surface area (Å²) < 4.78 is 5.12. The maximum Gasteiger partial charge on any atom is 0.193 e. The van der Waals surface area contributed by atoms with Gasteiger partial charge in [0.15, 0.2) is 5.96 Å². The topological polar surface area (TPSA) is 88.3 Å². The first-order valence-electron chi connectivity index (χ1n) is 7.65. The quantitative estimate of drug-likeness (QED) is 0.287. The van der Waals surface area contributed by atoms with Gasteiger partial charge < -0.3 is 20.8 Å². The number of imidazole rings is 1. The molecule has 6 nitrogen and oxygen atoms in total. The Labute approximate surface area is 173 Å². The highest BCUT2D eigenvalue weighted by atomic mass is 127. The van der Waals surface area contributed by atoms with E-state index < -0.39 is 0 Å². The molecule has 0 saturated heterocycles. The van der Waals surface area contributed by atoms with Gasteiger partial charge in [-0.15, -0.1) is 24.0 Å². The number of aliphatic imine (C=N–C) groups is 1. The molecular formula is C18H19ClIN5O. The minimum atomic E-state index is 0. The van der Waals surface area contributed by atoms with E-state index in [0.717, 1.165) is 22.8 Å². The van der Waals surface area contributed by atoms with Crippen LogP contribution < -0.4 is 15.8 Å². The minimum absolute atomic E-state index is 0. The average Bonchev–Trinajstić information content (AvgIpc) is 3.10. The predicted octanol–water partition coefficient (Wildman–Crippen LogP) is 4.28. The predicted molar refractivity (Wildman–Crippen MR) is 116 cm³/mol. The van der Waals surface area contributed by atoms with Gasteiger partial charge in [0.2, 0.25) is 0 Å². The Hall–Kier alpha value is -2.26. The number of anilines is 1. The minimum Gasteiger partial charge on any atom is -0.495 e. The molecule has 4 N–H and O–H groups in total. The van der Waals surface area contributed by atoms with Gasteiger partial charge >= 0.3 is 0 Å². The summed E-state index contributed by atoms with van der Waals surface area (Å²) in [7, 11) is 1.57. The summed E-state index contributed by atoms with van der Waals surface area (Å²) in [6.07, 6.45) is 1.78. The molecule has 0 saturated carbocycles. The molecule has 0 atom stereocenters. The van der Waals surface area contributed by atoms with Crippen molar-refractivity contribution in [2.24, 2.45) is 10.7 Å². The lowest BCUT2D eigenvalue weighted by molar-refractivity contribution is 0.415. The third-order valence-electron chi connectivity index (χ3n) is 3.54. The molecule has 0 bridgehead atoms. The maximum atomic E-state index is 6.09. The van der Waals surface area contributed by atoms with Gasteiger partial charge in [-0.25, -0.2) is 9.98 Å². The van der Waals surface area contributed by atoms with Crippen LogP contribution in [0, 0.1) is 0 Å². The van der Waals surface area contributed by atoms with Crippen molar-refractivity contribution < 1.29 is 4.74 Å². The maximum absolute atomic E-state index is 6.09. The lowest BCUT2D eigenvalue weighted by atomic mass is 10.2. The third-order valence-corrected chi connectivity index (χ3v) is 3.83. The zero-order chi connectivity index (χ0) is 17.6. The number of benzene rings is 2. The number of hydrogen-bond donors (Lipinski definition) is 3. The first-order valence-corrected chi connectivity index (χ1v) is 8.03. The Kier molecular flexibility index (Phi) is 7.28. The summed E-state index contributed by atoms with van der Waals surface area (Å²) in [5, 5.41) is 3.49. The molecule has 1 heterocycles. The van der Waals surface area contributed by atoms with Crippen molar-refractivity contribution in [1.29, 1.82) is 0 Å². The number of hydrogen-bond acceptors (Lipinski definition) is 3. The Morgan fingerprint density at radius 3 is 2.73 bits per heavy atom. The number of halogens is 2. The normalized spacial score (nSPS) is 10.9. The summed E-state index contributed by atoms with van der Waals surface area (Å²) in [4.78, 5) is 11.8. The van der Waals surface area contributed by atoms with E-state index in [2.05, 4.69) is 20.3 Å². The van der Waals surface area contributed by atoms with E-state index in [1.807, 2.05) is 36.4 Å². The first-order chi connectivity index (χ1) is 12.2. The second kappa shape index (κ2) is 9.44. The number of nitrogens with two attached hydrogens (primary N) is 1. The van der Waals surface area contributed by atoms with Crippen LogP contribution in [-0.4, -0.2) is 23.0 Å². The molecule has 0 aliphatic heterocycles. The van der Waals surface area contributed by atoms with Crippen LogP contribution in [-0.2, 0) is 6.54 Å². The first kappa shape index (κ1) is 20.1. The van der Waals surface area contributed by atoms with E-state index in [1.165, 1.54) is 0 Å². The van der Waals surface area contributed by atoms with E-state index in [-0.39, 0.29) is 29.9 Å². The molecule has 0 aliphatic carbocycles. The number of methoxy groups -OCH3 is 1. The van der Waals surface area contributed by atoms with Gasteiger partial charge in [0.1, 0.15) is 18.1 Å². The summed E-state index contributed by atoms with van der Waals surface area (Å²) in [6.45, 7) is 0.343. The number of nitrogens with one attached hydrogen (secondary N) is 2. The average molecular weight is 484 g/mol. The van der Waals surface area contributed by atoms with Gasteiger partial charge in [-0.05, 0) is 23.8 Å². The second-order valence-electron chi connectivity index (χ2n) is 5.29. The lowest BCUT2D eigenvalue weighted by Gasteiger charge is -2.08. The van der Waals surface area contributed by atoms with Crippen LogP contribution in [0.2, 0.25) is 5.02 Å². The Balaban J connectivity index is 0.00000243. The van der Waals surface area contributed by atoms with Crippen LogP contribution in [0.5, 0.6) is 5.75 Å². The molecule has 0 spiro atoms. The van der Waals surface area contributed by atoms with Crippen LogP contribution in [0.15, 0.2) is 59.7 Å². The Bertz CT molecular complexity index is 882. The van der Waals surface area contributed by atoms with Gasteiger partial charge in [0, 0.05) is 5.69 Å². The molecule has 8 heteroatoms. The van der Waals surface area contributed by atoms with Crippen LogP contribution in [0.3, 0.4) is 0 Å². The molecule has 0 aliphatic rings. The van der Waals surface area contributed by atoms with E-state index in [1.54, 1.807) is 25.4 Å². The summed E-state index contributed by atoms with van der Waals surface area (Å²) in [5.41, 5.74) is 8.66. The molecule has 0 fully saturated rings. The van der Waals surface area contributed by atoms with E-state index in [9.17, 15) is 0 Å². The van der Waals surface area contributed by atoms with Crippen LogP contribution in [0.25, 0.3) is 11.3 Å². The van der Waals surface area contributed by atoms with E-state index >= 15 is 0 Å². The number of aromatic amines is 1. The van der Waals surface area contributed by atoms with Crippen molar-refractivity contribution in [2.75, 3.05) is 12.4 Å². The molecule has 2 aromatic carbocycles. The highest BCUT2D eigenvalue weighted by molar-refractivity contribution is 14.0. The monoisotopic (exact) mass is 483 g/mol. The second-order valence-corrected chi connectivity index (χ2v) is 5.69. The fourth-order valence-electron chi connectivity index (χ4n) is 2.30. The van der Waals surface area contributed by atoms with Crippen molar-refractivity contribution in [1.82, 2.24) is 9.97 Å². The molecular weight excluding hydrogens is 465 g/mol. The number of guanidine groups is 1. The van der Waals surface area contributed by atoms with Gasteiger partial charge in [-0.2, -0.15) is 0 Å². The molecule has 0 radical (unpaired) electrons. The summed E-state index contributed by atoms with van der Waals surface area (Å²) in [6, 6.07) is 15.3. The molecule has 3 rings (SSSR count). The van der Waals surface area contributed by atoms with Crippen molar-refractivity contribution in [3.63, 3.8) is 0 Å². The van der Waals surface area contributed by atoms with Gasteiger partial charge in [-0.1, -0.05) is 41.9 Å². The largest absolute Gasteiger partial charge is 0.495 e. The number of nitrogens with zero attached hydrogens (tertiary/aromatic N) is 2. The molecule has 1 aromatic heterocycles. The summed E-state index contributed by atoms with van der Waals surface area (Å²) in [5.74, 6) is 1.61. The van der Waals surface area contributed by atoms with Crippen molar-refractivity contribution >= 4 is 47.2 Å². The fourth-order valence-corrected chi connectivity index (χ4v) is 2.56. The molecule has 3 aromatic rings. The SMILES string of the molecule is COc1ccc(NC(N)=NCc2ncc(-c3ccccc3)[nH]2)cc1Cl.I. The Morgan fingerprint density at radius 2 is 2.04 bits per heavy atom. The van der Waals surface area contributed by atoms with Crippen molar-refractivity contribution in [2.45, 2.75) is 6.54 Å². The highest BCUT2D eigenvalue weighted by Crippen LogP contribution is 2.27. The standard InChI is InChI=1S/C18H18ClN5O.HI/c1-25-16-8-7-13(9-14(16)19)23-18(20)22-11-17-21-10-15(24-17)12-5-3-2-4-6-12;/h2-10H,11H2,1H3,(H,21,24)(H3,20,22,23);1H. The van der Waals surface area contributed by atoms with Crippen LogP contribution in [0.1, 0.15) is 5.82 Å². The summed E-state index contributed by atoms with van der Waals surface area (Å²) >= 11 is 6.09. The van der Waals surface area contributed by atoms with Gasteiger partial charge in [0.05, 0.1) is 24.0 Å². The molecule has 26 heavy (non-hydrogen) atoms. The number of aromatic nitrogens is 2. The number of H-pyrrole nitrogens is 1. The van der Waals surface area contributed by atoms with Gasteiger partial charge in [-0.3, -0.25) is 0 Å².